The molecule has 0 aliphatic rings. The molecule has 0 unspecified atom stereocenters. The summed E-state index contributed by atoms with van der Waals surface area (Å²) >= 11 is 0. The summed E-state index contributed by atoms with van der Waals surface area (Å²) in [6.45, 7) is 10.1. The van der Waals surface area contributed by atoms with Gasteiger partial charge in [0.05, 0.1) is 0 Å². The molecule has 0 aliphatic heterocycles. The van der Waals surface area contributed by atoms with Crippen molar-refractivity contribution in [3.63, 3.8) is 0 Å². The van der Waals surface area contributed by atoms with Crippen LogP contribution in [0.25, 0.3) is 0 Å². The second-order valence-electron chi connectivity index (χ2n) is 6.88. The molecule has 0 saturated carbocycles. The molecule has 0 saturated heterocycles. The quantitative estimate of drug-likeness (QED) is 0.533. The van der Waals surface area contributed by atoms with E-state index in [0.29, 0.717) is 0 Å². The molecule has 1 aromatic carbocycles. The minimum Gasteiger partial charge on any atom is -0.385 e. The van der Waals surface area contributed by atoms with Crippen molar-refractivity contribution in [3.05, 3.63) is 29.8 Å². The van der Waals surface area contributed by atoms with Gasteiger partial charge in [-0.3, -0.25) is 0 Å². The van der Waals surface area contributed by atoms with Crippen molar-refractivity contribution in [1.29, 1.82) is 0 Å². The fourth-order valence-electron chi connectivity index (χ4n) is 2.40. The molecule has 0 heterocycles. The van der Waals surface area contributed by atoms with Gasteiger partial charge in [0.25, 0.3) is 0 Å². The molecular weight excluding hydrogens is 242 g/mol. The Morgan fingerprint density at radius 1 is 0.800 bits per heavy atom. The first kappa shape index (κ1) is 17.1. The lowest BCUT2D eigenvalue weighted by atomic mass is 9.87. The molecule has 0 amide bonds. The molecule has 0 aromatic heterocycles. The second kappa shape index (κ2) is 9.05. The highest BCUT2D eigenvalue weighted by molar-refractivity contribution is 5.45. The maximum Gasteiger partial charge on any atom is 0.0340 e. The standard InChI is InChI=1S/C19H33N/c1-5-6-7-8-9-10-11-16-20-18-14-12-17(13-15-18)19(2,3)4/h12-15,20H,5-11,16H2,1-4H3. The zero-order chi connectivity index (χ0) is 14.8. The van der Waals surface area contributed by atoms with Crippen LogP contribution in [0.1, 0.15) is 78.2 Å². The van der Waals surface area contributed by atoms with E-state index < -0.39 is 0 Å². The van der Waals surface area contributed by atoms with E-state index in [-0.39, 0.29) is 5.41 Å². The van der Waals surface area contributed by atoms with Crippen molar-refractivity contribution in [3.8, 4) is 0 Å². The fourth-order valence-corrected chi connectivity index (χ4v) is 2.40. The number of hydrogen-bond acceptors (Lipinski definition) is 1. The van der Waals surface area contributed by atoms with E-state index in [1.165, 1.54) is 56.2 Å². The number of nitrogens with one attached hydrogen (secondary N) is 1. The lowest BCUT2D eigenvalue weighted by molar-refractivity contribution is 0.590. The molecular formula is C19H33N. The Balaban J connectivity index is 2.13. The monoisotopic (exact) mass is 275 g/mol. The van der Waals surface area contributed by atoms with Crippen molar-refractivity contribution < 1.29 is 0 Å². The molecule has 20 heavy (non-hydrogen) atoms. The van der Waals surface area contributed by atoms with Gasteiger partial charge in [0, 0.05) is 12.2 Å². The summed E-state index contributed by atoms with van der Waals surface area (Å²) in [5.74, 6) is 0. The highest BCUT2D eigenvalue weighted by Gasteiger charge is 2.12. The molecule has 0 aliphatic carbocycles. The minimum absolute atomic E-state index is 0.247. The van der Waals surface area contributed by atoms with Crippen LogP contribution in [0, 0.1) is 0 Å². The van der Waals surface area contributed by atoms with E-state index in [2.05, 4.69) is 57.3 Å². The van der Waals surface area contributed by atoms with Crippen LogP contribution in [0.15, 0.2) is 24.3 Å². The van der Waals surface area contributed by atoms with Crippen LogP contribution in [0.2, 0.25) is 0 Å². The fraction of sp³-hybridized carbons (Fsp3) is 0.684. The lowest BCUT2D eigenvalue weighted by Crippen LogP contribution is -2.11. The summed E-state index contributed by atoms with van der Waals surface area (Å²) in [5.41, 5.74) is 2.90. The highest BCUT2D eigenvalue weighted by atomic mass is 14.9. The summed E-state index contributed by atoms with van der Waals surface area (Å²) in [5, 5.41) is 3.53. The van der Waals surface area contributed by atoms with Crippen LogP contribution in [0.3, 0.4) is 0 Å². The number of hydrogen-bond donors (Lipinski definition) is 1. The van der Waals surface area contributed by atoms with Gasteiger partial charge in [-0.2, -0.15) is 0 Å². The summed E-state index contributed by atoms with van der Waals surface area (Å²) in [7, 11) is 0. The average Bonchev–Trinajstić information content (AvgIpc) is 2.41. The SMILES string of the molecule is CCCCCCCCCNc1ccc(C(C)(C)C)cc1. The van der Waals surface area contributed by atoms with E-state index in [0.717, 1.165) is 6.54 Å². The summed E-state index contributed by atoms with van der Waals surface area (Å²) in [6.07, 6.45) is 9.60. The molecule has 1 nitrogen and oxygen atoms in total. The molecule has 114 valence electrons. The van der Waals surface area contributed by atoms with Gasteiger partial charge < -0.3 is 5.32 Å². The van der Waals surface area contributed by atoms with E-state index in [1.54, 1.807) is 0 Å². The van der Waals surface area contributed by atoms with Crippen LogP contribution in [-0.2, 0) is 5.41 Å². The van der Waals surface area contributed by atoms with Gasteiger partial charge in [0.1, 0.15) is 0 Å². The van der Waals surface area contributed by atoms with E-state index in [1.807, 2.05) is 0 Å². The van der Waals surface area contributed by atoms with E-state index in [4.69, 9.17) is 0 Å². The maximum atomic E-state index is 3.53. The lowest BCUT2D eigenvalue weighted by Gasteiger charge is -2.19. The Kier molecular flexibility index (Phi) is 7.72. The molecule has 0 radical (unpaired) electrons. The number of unbranched alkanes of at least 4 members (excludes halogenated alkanes) is 6. The third-order valence-electron chi connectivity index (χ3n) is 3.86. The van der Waals surface area contributed by atoms with E-state index >= 15 is 0 Å². The van der Waals surface area contributed by atoms with Gasteiger partial charge in [-0.25, -0.2) is 0 Å². The van der Waals surface area contributed by atoms with Crippen molar-refractivity contribution in [2.24, 2.45) is 0 Å². The molecule has 1 N–H and O–H groups in total. The van der Waals surface area contributed by atoms with Crippen molar-refractivity contribution >= 4 is 5.69 Å². The summed E-state index contributed by atoms with van der Waals surface area (Å²) < 4.78 is 0. The summed E-state index contributed by atoms with van der Waals surface area (Å²) in [6, 6.07) is 8.91. The van der Waals surface area contributed by atoms with Gasteiger partial charge in [-0.05, 0) is 29.5 Å². The van der Waals surface area contributed by atoms with Crippen LogP contribution in [0.5, 0.6) is 0 Å². The highest BCUT2D eigenvalue weighted by Crippen LogP contribution is 2.23. The van der Waals surface area contributed by atoms with Crippen molar-refractivity contribution in [1.82, 2.24) is 0 Å². The number of anilines is 1. The predicted octanol–water partition coefficient (Wildman–Crippen LogP) is 6.15. The average molecular weight is 275 g/mol. The first-order chi connectivity index (χ1) is 9.54. The molecule has 1 rings (SSSR count). The van der Waals surface area contributed by atoms with Crippen LogP contribution in [0.4, 0.5) is 5.69 Å². The first-order valence-electron chi connectivity index (χ1n) is 8.38. The molecule has 1 aromatic rings. The Labute approximate surface area is 126 Å². The van der Waals surface area contributed by atoms with Gasteiger partial charge in [-0.15, -0.1) is 0 Å². The summed E-state index contributed by atoms with van der Waals surface area (Å²) in [4.78, 5) is 0. The van der Waals surface area contributed by atoms with Crippen LogP contribution in [-0.4, -0.2) is 6.54 Å². The third-order valence-corrected chi connectivity index (χ3v) is 3.86. The smallest absolute Gasteiger partial charge is 0.0340 e. The third kappa shape index (κ3) is 6.98. The molecule has 0 bridgehead atoms. The Morgan fingerprint density at radius 3 is 1.90 bits per heavy atom. The normalized spacial score (nSPS) is 11.6. The van der Waals surface area contributed by atoms with Gasteiger partial charge in [0.2, 0.25) is 0 Å². The minimum atomic E-state index is 0.247. The van der Waals surface area contributed by atoms with Crippen LogP contribution < -0.4 is 5.32 Å². The van der Waals surface area contributed by atoms with Gasteiger partial charge in [0.15, 0.2) is 0 Å². The molecule has 0 spiro atoms. The first-order valence-corrected chi connectivity index (χ1v) is 8.38. The van der Waals surface area contributed by atoms with Crippen LogP contribution >= 0.6 is 0 Å². The molecule has 0 fully saturated rings. The molecule has 1 heteroatoms. The zero-order valence-corrected chi connectivity index (χ0v) is 14.0. The van der Waals surface area contributed by atoms with Crippen molar-refractivity contribution in [2.75, 3.05) is 11.9 Å². The molecule has 0 atom stereocenters. The zero-order valence-electron chi connectivity index (χ0n) is 14.0. The van der Waals surface area contributed by atoms with Crippen molar-refractivity contribution in [2.45, 2.75) is 78.1 Å². The Bertz CT molecular complexity index is 345. The van der Waals surface area contributed by atoms with E-state index in [9.17, 15) is 0 Å². The van der Waals surface area contributed by atoms with Gasteiger partial charge in [-0.1, -0.05) is 78.4 Å². The second-order valence-corrected chi connectivity index (χ2v) is 6.88. The predicted molar refractivity (Wildman–Crippen MR) is 91.6 cm³/mol. The topological polar surface area (TPSA) is 12.0 Å². The Morgan fingerprint density at radius 2 is 1.35 bits per heavy atom. The largest absolute Gasteiger partial charge is 0.385 e. The van der Waals surface area contributed by atoms with Gasteiger partial charge >= 0.3 is 0 Å². The Hall–Kier alpha value is -0.980. The maximum absolute atomic E-state index is 3.53. The number of benzene rings is 1. The number of rotatable bonds is 9.